The fourth-order valence-electron chi connectivity index (χ4n) is 3.14. The summed E-state index contributed by atoms with van der Waals surface area (Å²) in [5.74, 6) is -2.49. The molecule has 1 amide bonds. The van der Waals surface area contributed by atoms with Gasteiger partial charge in [0.2, 0.25) is 0 Å². The molecule has 0 bridgehead atoms. The number of carbonyl (C=O) groups excluding carboxylic acids is 1. The smallest absolute Gasteiger partial charge is 0.255 e. The summed E-state index contributed by atoms with van der Waals surface area (Å²) in [6, 6.07) is 1.73. The number of halogens is 3. The molecule has 1 aliphatic heterocycles. The molecule has 3 rings (SSSR count). The van der Waals surface area contributed by atoms with E-state index in [1.54, 1.807) is 16.2 Å². The van der Waals surface area contributed by atoms with Crippen LogP contribution in [-0.2, 0) is 12.0 Å². The first-order valence-electron chi connectivity index (χ1n) is 9.26. The van der Waals surface area contributed by atoms with Gasteiger partial charge in [0.15, 0.2) is 11.6 Å². The highest BCUT2D eigenvalue weighted by molar-refractivity contribution is 7.09. The summed E-state index contributed by atoms with van der Waals surface area (Å²) in [7, 11) is 0. The standard InChI is InChI=1S/C20H24ClF2N3OS/c1-20(2,3)19-24-13(12-28-19)11-25-5-4-6-26(8-7-25)18(27)14-9-16(22)17(23)10-15(14)21/h9-10,12H,4-8,11H2,1-3H3. The summed E-state index contributed by atoms with van der Waals surface area (Å²) >= 11 is 7.63. The molecule has 28 heavy (non-hydrogen) atoms. The molecule has 0 unspecified atom stereocenters. The van der Waals surface area contributed by atoms with E-state index in [2.05, 4.69) is 31.1 Å². The molecule has 0 N–H and O–H groups in total. The highest BCUT2D eigenvalue weighted by atomic mass is 35.5. The summed E-state index contributed by atoms with van der Waals surface area (Å²) in [5, 5.41) is 3.14. The Morgan fingerprint density at radius 1 is 1.18 bits per heavy atom. The van der Waals surface area contributed by atoms with Gasteiger partial charge in [-0.3, -0.25) is 9.69 Å². The van der Waals surface area contributed by atoms with E-state index < -0.39 is 11.6 Å². The zero-order chi connectivity index (χ0) is 20.5. The van der Waals surface area contributed by atoms with Crippen molar-refractivity contribution < 1.29 is 13.6 Å². The van der Waals surface area contributed by atoms with E-state index in [1.807, 2.05) is 0 Å². The molecule has 8 heteroatoms. The fourth-order valence-corrected chi connectivity index (χ4v) is 4.27. The maximum Gasteiger partial charge on any atom is 0.255 e. The van der Waals surface area contributed by atoms with E-state index in [0.29, 0.717) is 19.6 Å². The van der Waals surface area contributed by atoms with Gasteiger partial charge in [-0.2, -0.15) is 0 Å². The minimum atomic E-state index is -1.07. The van der Waals surface area contributed by atoms with Crippen molar-refractivity contribution in [1.82, 2.24) is 14.8 Å². The van der Waals surface area contributed by atoms with Crippen molar-refractivity contribution in [3.05, 3.63) is 50.4 Å². The molecular formula is C20H24ClF2N3OS. The molecule has 0 atom stereocenters. The maximum absolute atomic E-state index is 13.5. The van der Waals surface area contributed by atoms with Gasteiger partial charge in [0, 0.05) is 43.5 Å². The summed E-state index contributed by atoms with van der Waals surface area (Å²) in [5.41, 5.74) is 1.08. The molecule has 0 aliphatic carbocycles. The molecule has 0 spiro atoms. The van der Waals surface area contributed by atoms with E-state index in [9.17, 15) is 13.6 Å². The van der Waals surface area contributed by atoms with Gasteiger partial charge in [-0.05, 0) is 18.6 Å². The summed E-state index contributed by atoms with van der Waals surface area (Å²) in [4.78, 5) is 21.4. The third-order valence-electron chi connectivity index (χ3n) is 4.70. The summed E-state index contributed by atoms with van der Waals surface area (Å²) in [6.45, 7) is 9.77. The predicted octanol–water partition coefficient (Wildman–Crippen LogP) is 4.72. The first-order chi connectivity index (χ1) is 13.1. The van der Waals surface area contributed by atoms with Gasteiger partial charge in [-0.1, -0.05) is 32.4 Å². The third-order valence-corrected chi connectivity index (χ3v) is 6.32. The number of benzene rings is 1. The summed E-state index contributed by atoms with van der Waals surface area (Å²) in [6.07, 6.45) is 0.795. The Balaban J connectivity index is 1.64. The Bertz CT molecular complexity index is 866. The number of aromatic nitrogens is 1. The first kappa shape index (κ1) is 21.1. The number of amides is 1. The van der Waals surface area contributed by atoms with Crippen LogP contribution in [0.25, 0.3) is 0 Å². The minimum Gasteiger partial charge on any atom is -0.337 e. The van der Waals surface area contributed by atoms with E-state index in [4.69, 9.17) is 16.6 Å². The number of hydrogen-bond acceptors (Lipinski definition) is 4. The van der Waals surface area contributed by atoms with Crippen molar-refractivity contribution in [2.75, 3.05) is 26.2 Å². The van der Waals surface area contributed by atoms with Gasteiger partial charge in [-0.25, -0.2) is 13.8 Å². The van der Waals surface area contributed by atoms with Crippen molar-refractivity contribution in [2.45, 2.75) is 39.2 Å². The molecule has 2 aromatic rings. The van der Waals surface area contributed by atoms with Crippen molar-refractivity contribution in [2.24, 2.45) is 0 Å². The minimum absolute atomic E-state index is 0.00309. The van der Waals surface area contributed by atoms with Gasteiger partial charge in [-0.15, -0.1) is 11.3 Å². The third kappa shape index (κ3) is 4.88. The Kier molecular flexibility index (Phi) is 6.37. The van der Waals surface area contributed by atoms with Crippen LogP contribution in [0, 0.1) is 11.6 Å². The zero-order valence-electron chi connectivity index (χ0n) is 16.3. The first-order valence-corrected chi connectivity index (χ1v) is 10.5. The number of rotatable bonds is 3. The Hall–Kier alpha value is -1.57. The highest BCUT2D eigenvalue weighted by Gasteiger charge is 2.24. The second-order valence-corrected chi connectivity index (χ2v) is 9.33. The predicted molar refractivity (Wildman–Crippen MR) is 108 cm³/mol. The second kappa shape index (κ2) is 8.43. The quantitative estimate of drug-likeness (QED) is 0.665. The lowest BCUT2D eigenvalue weighted by molar-refractivity contribution is 0.0760. The van der Waals surface area contributed by atoms with Gasteiger partial charge in [0.05, 0.1) is 21.3 Å². The average Bonchev–Trinajstić information content (AvgIpc) is 2.97. The molecule has 2 heterocycles. The Morgan fingerprint density at radius 3 is 2.57 bits per heavy atom. The van der Waals surface area contributed by atoms with Crippen LogP contribution >= 0.6 is 22.9 Å². The van der Waals surface area contributed by atoms with Crippen LogP contribution in [0.3, 0.4) is 0 Å². The van der Waals surface area contributed by atoms with Crippen molar-refractivity contribution in [3.8, 4) is 0 Å². The van der Waals surface area contributed by atoms with Crippen LogP contribution in [0.4, 0.5) is 8.78 Å². The zero-order valence-corrected chi connectivity index (χ0v) is 17.8. The van der Waals surface area contributed by atoms with Gasteiger partial charge in [0.1, 0.15) is 0 Å². The van der Waals surface area contributed by atoms with E-state index in [0.717, 1.165) is 42.3 Å². The van der Waals surface area contributed by atoms with Crippen LogP contribution in [0.5, 0.6) is 0 Å². The summed E-state index contributed by atoms with van der Waals surface area (Å²) < 4.78 is 26.8. The topological polar surface area (TPSA) is 36.4 Å². The molecule has 1 fully saturated rings. The monoisotopic (exact) mass is 427 g/mol. The SMILES string of the molecule is CC(C)(C)c1nc(CN2CCCN(C(=O)c3cc(F)c(F)cc3Cl)CC2)cs1. The van der Waals surface area contributed by atoms with Crippen LogP contribution in [0.15, 0.2) is 17.5 Å². The number of nitrogens with zero attached hydrogens (tertiary/aromatic N) is 3. The second-order valence-electron chi connectivity index (χ2n) is 8.06. The van der Waals surface area contributed by atoms with Gasteiger partial charge in [0.25, 0.3) is 5.91 Å². The van der Waals surface area contributed by atoms with Crippen molar-refractivity contribution in [1.29, 1.82) is 0 Å². The lowest BCUT2D eigenvalue weighted by Crippen LogP contribution is -2.35. The molecule has 1 aromatic carbocycles. The molecular weight excluding hydrogens is 404 g/mol. The Morgan fingerprint density at radius 2 is 1.89 bits per heavy atom. The van der Waals surface area contributed by atoms with E-state index >= 15 is 0 Å². The van der Waals surface area contributed by atoms with E-state index in [-0.39, 0.29) is 21.9 Å². The fraction of sp³-hybridized carbons (Fsp3) is 0.500. The number of hydrogen-bond donors (Lipinski definition) is 0. The van der Waals surface area contributed by atoms with Crippen molar-refractivity contribution in [3.63, 3.8) is 0 Å². The van der Waals surface area contributed by atoms with Crippen LogP contribution < -0.4 is 0 Å². The van der Waals surface area contributed by atoms with Crippen LogP contribution in [0.1, 0.15) is 48.3 Å². The van der Waals surface area contributed by atoms with Crippen molar-refractivity contribution >= 4 is 28.8 Å². The largest absolute Gasteiger partial charge is 0.337 e. The van der Waals surface area contributed by atoms with Crippen LogP contribution in [0.2, 0.25) is 5.02 Å². The lowest BCUT2D eigenvalue weighted by atomic mass is 9.98. The number of carbonyl (C=O) groups is 1. The highest BCUT2D eigenvalue weighted by Crippen LogP contribution is 2.26. The number of thiazole rings is 1. The lowest BCUT2D eigenvalue weighted by Gasteiger charge is -2.22. The molecule has 1 saturated heterocycles. The molecule has 1 aliphatic rings. The Labute approximate surface area is 173 Å². The van der Waals surface area contributed by atoms with Crippen LogP contribution in [-0.4, -0.2) is 46.9 Å². The van der Waals surface area contributed by atoms with E-state index in [1.165, 1.54) is 0 Å². The normalized spacial score (nSPS) is 16.3. The average molecular weight is 428 g/mol. The maximum atomic E-state index is 13.5. The molecule has 1 aromatic heterocycles. The molecule has 0 radical (unpaired) electrons. The molecule has 152 valence electrons. The van der Waals surface area contributed by atoms with Gasteiger partial charge >= 0.3 is 0 Å². The molecule has 4 nitrogen and oxygen atoms in total. The van der Waals surface area contributed by atoms with Gasteiger partial charge < -0.3 is 4.90 Å². The molecule has 0 saturated carbocycles.